The maximum absolute atomic E-state index is 8.15. The van der Waals surface area contributed by atoms with Gasteiger partial charge in [-0.2, -0.15) is 6.08 Å². The van der Waals surface area contributed by atoms with E-state index in [2.05, 4.69) is 18.7 Å². The molecule has 0 saturated carbocycles. The van der Waals surface area contributed by atoms with Crippen LogP contribution in [-0.4, -0.2) is 11.7 Å². The summed E-state index contributed by atoms with van der Waals surface area (Å²) in [6.45, 7) is 3.77. The normalized spacial score (nSPS) is 8.06. The topological polar surface area (TPSA) is 20.2 Å². The molecule has 1 aliphatic carbocycles. The minimum Gasteiger partial charge on any atom is -0.396 e. The van der Waals surface area contributed by atoms with Crippen molar-refractivity contribution in [2.45, 2.75) is 19.3 Å². The molecule has 0 aromatic rings. The molecular formula is C15H30OZr-6. The fourth-order valence-corrected chi connectivity index (χ4v) is 0.576. The molecule has 17 heavy (non-hydrogen) atoms. The molecule has 106 valence electrons. The van der Waals surface area contributed by atoms with Crippen LogP contribution in [0.5, 0.6) is 0 Å². The molecule has 1 rings (SSSR count). The van der Waals surface area contributed by atoms with Gasteiger partial charge < -0.3 is 42.2 Å². The van der Waals surface area contributed by atoms with Gasteiger partial charge >= 0.3 is 0 Å². The Kier molecular flexibility index (Phi) is 113. The Morgan fingerprint density at radius 3 is 1.82 bits per heavy atom. The van der Waals surface area contributed by atoms with Crippen molar-refractivity contribution in [1.82, 2.24) is 0 Å². The second-order valence-electron chi connectivity index (χ2n) is 2.16. The first-order valence-electron chi connectivity index (χ1n) is 3.85. The van der Waals surface area contributed by atoms with Crippen LogP contribution in [-0.2, 0) is 26.2 Å². The van der Waals surface area contributed by atoms with Gasteiger partial charge in [0.05, 0.1) is 0 Å². The molecule has 2 heteroatoms. The monoisotopic (exact) mass is 316 g/mol. The Morgan fingerprint density at radius 1 is 1.18 bits per heavy atom. The van der Waals surface area contributed by atoms with E-state index in [1.54, 1.807) is 6.08 Å². The van der Waals surface area contributed by atoms with Gasteiger partial charge in [-0.05, 0) is 12.8 Å². The van der Waals surface area contributed by atoms with Gasteiger partial charge in [0.1, 0.15) is 0 Å². The molecule has 0 spiro atoms. The second-order valence-corrected chi connectivity index (χ2v) is 2.16. The van der Waals surface area contributed by atoms with Crippen LogP contribution in [0.3, 0.4) is 0 Å². The van der Waals surface area contributed by atoms with E-state index in [0.29, 0.717) is 0 Å². The van der Waals surface area contributed by atoms with Crippen molar-refractivity contribution in [1.29, 1.82) is 0 Å². The zero-order valence-corrected chi connectivity index (χ0v) is 14.8. The zero-order valence-electron chi connectivity index (χ0n) is 12.3. The number of allylic oxidation sites excluding steroid dienone is 5. The van der Waals surface area contributed by atoms with Crippen LogP contribution < -0.4 is 0 Å². The molecule has 1 N–H and O–H groups in total. The minimum atomic E-state index is 0. The number of aliphatic hydroxyl groups is 1. The Bertz CT molecular complexity index is 130. The van der Waals surface area contributed by atoms with E-state index in [0.717, 1.165) is 19.3 Å². The van der Waals surface area contributed by atoms with Crippen molar-refractivity contribution in [2.24, 2.45) is 0 Å². The van der Waals surface area contributed by atoms with E-state index in [9.17, 15) is 0 Å². The summed E-state index contributed by atoms with van der Waals surface area (Å²) in [6.07, 6.45) is 13.6. The summed E-state index contributed by atoms with van der Waals surface area (Å²) in [5.41, 5.74) is 0. The number of aliphatic hydroxyl groups excluding tert-OH is 1. The predicted molar refractivity (Wildman–Crippen MR) is 80.2 cm³/mol. The van der Waals surface area contributed by atoms with Crippen LogP contribution in [0, 0.1) is 43.2 Å². The van der Waals surface area contributed by atoms with E-state index in [1.807, 2.05) is 12.2 Å². The van der Waals surface area contributed by atoms with Gasteiger partial charge in [-0.15, -0.1) is 13.0 Å². The molecule has 0 saturated heterocycles. The maximum atomic E-state index is 8.15. The van der Waals surface area contributed by atoms with E-state index in [-0.39, 0.29) is 69.9 Å². The van der Waals surface area contributed by atoms with Crippen LogP contribution in [0.4, 0.5) is 0 Å². The Labute approximate surface area is 131 Å². The molecule has 0 aromatic heterocycles. The molecule has 1 nitrogen and oxygen atoms in total. The average molecular weight is 318 g/mol. The fraction of sp³-hybridized carbons (Fsp3) is 0.267. The third kappa shape index (κ3) is 48.9. The molecule has 0 aliphatic heterocycles. The number of hydrogen-bond donors (Lipinski definition) is 1. The number of unbranched alkanes of at least 4 members (excludes halogenated alkanes) is 1. The minimum absolute atomic E-state index is 0. The van der Waals surface area contributed by atoms with Gasteiger partial charge in [-0.3, -0.25) is 6.08 Å². The Hall–Kier alpha value is 0.0631. The van der Waals surface area contributed by atoms with E-state index in [1.165, 1.54) is 0 Å². The molecule has 0 heterocycles. The summed E-state index contributed by atoms with van der Waals surface area (Å²) in [6, 6.07) is 0. The molecule has 0 fully saturated rings. The fourth-order valence-electron chi connectivity index (χ4n) is 0.576. The van der Waals surface area contributed by atoms with Crippen molar-refractivity contribution in [3.63, 3.8) is 0 Å². The molecule has 0 radical (unpaired) electrons. The summed E-state index contributed by atoms with van der Waals surface area (Å²) in [5.74, 6) is 0. The van der Waals surface area contributed by atoms with Crippen molar-refractivity contribution in [2.75, 3.05) is 6.61 Å². The first-order valence-corrected chi connectivity index (χ1v) is 3.85. The molecule has 0 unspecified atom stereocenters. The average Bonchev–Trinajstić information content (AvgIpc) is 2.57. The van der Waals surface area contributed by atoms with Crippen molar-refractivity contribution in [3.8, 4) is 0 Å². The molecule has 0 bridgehead atoms. The first kappa shape index (κ1) is 43.5. The third-order valence-corrected chi connectivity index (χ3v) is 1.15. The van der Waals surface area contributed by atoms with Gasteiger partial charge in [0.25, 0.3) is 0 Å². The second kappa shape index (κ2) is 44.4. The first-order chi connectivity index (χ1) is 5.41. The van der Waals surface area contributed by atoms with Gasteiger partial charge in [0.15, 0.2) is 0 Å². The van der Waals surface area contributed by atoms with Gasteiger partial charge in [0, 0.05) is 32.8 Å². The van der Waals surface area contributed by atoms with E-state index >= 15 is 0 Å². The SMILES string of the molecule is C=CCCCO.[C-]1=CC=CC1.[CH3-].[CH3-].[CH3-].[CH3-].[CH3-].[Zr]. The number of rotatable bonds is 3. The molecule has 0 atom stereocenters. The van der Waals surface area contributed by atoms with E-state index in [4.69, 9.17) is 5.11 Å². The van der Waals surface area contributed by atoms with Crippen LogP contribution in [0.2, 0.25) is 0 Å². The van der Waals surface area contributed by atoms with Gasteiger partial charge in [-0.1, -0.05) is 6.08 Å². The summed E-state index contributed by atoms with van der Waals surface area (Å²) in [5, 5.41) is 8.15. The standard InChI is InChI=1S/C5H10O.C5H5.5CH3.Zr/c1-2-3-4-5-6;1-2-4-5-3-1;;;;;;/h2,6H,1,3-5H2;1-3H,4H2;5*1H3;/q;6*-1;. The quantitative estimate of drug-likeness (QED) is 0.461. The maximum Gasteiger partial charge on any atom is 0.0433 e. The van der Waals surface area contributed by atoms with Crippen molar-refractivity contribution < 1.29 is 31.3 Å². The van der Waals surface area contributed by atoms with Crippen molar-refractivity contribution >= 4 is 0 Å². The number of hydrogen-bond acceptors (Lipinski definition) is 1. The van der Waals surface area contributed by atoms with Gasteiger partial charge in [-0.25, -0.2) is 12.2 Å². The smallest absolute Gasteiger partial charge is 0.0433 e. The summed E-state index contributed by atoms with van der Waals surface area (Å²) < 4.78 is 0. The Morgan fingerprint density at radius 2 is 1.71 bits per heavy atom. The molecule has 1 aliphatic rings. The molecule has 0 amide bonds. The third-order valence-electron chi connectivity index (χ3n) is 1.15. The van der Waals surface area contributed by atoms with Crippen molar-refractivity contribution in [3.05, 3.63) is 74.1 Å². The molecule has 0 aromatic carbocycles. The largest absolute Gasteiger partial charge is 0.396 e. The Balaban J connectivity index is -0.0000000174. The predicted octanol–water partition coefficient (Wildman–Crippen LogP) is 4.50. The summed E-state index contributed by atoms with van der Waals surface area (Å²) in [7, 11) is 0. The summed E-state index contributed by atoms with van der Waals surface area (Å²) >= 11 is 0. The summed E-state index contributed by atoms with van der Waals surface area (Å²) in [4.78, 5) is 0. The van der Waals surface area contributed by atoms with Gasteiger partial charge in [0.2, 0.25) is 0 Å². The van der Waals surface area contributed by atoms with Crippen LogP contribution in [0.25, 0.3) is 0 Å². The van der Waals surface area contributed by atoms with Crippen LogP contribution >= 0.6 is 0 Å². The van der Waals surface area contributed by atoms with E-state index < -0.39 is 0 Å². The van der Waals surface area contributed by atoms with Crippen LogP contribution in [0.1, 0.15) is 19.3 Å². The zero-order chi connectivity index (χ0) is 8.36. The molecular weight excluding hydrogens is 287 g/mol. The van der Waals surface area contributed by atoms with Crippen LogP contribution in [0.15, 0.2) is 30.9 Å².